The number of hydrogen-bond acceptors (Lipinski definition) is 6. The molecule has 1 amide bonds. The summed E-state index contributed by atoms with van der Waals surface area (Å²) in [6, 6.07) is 19.5. The zero-order valence-corrected chi connectivity index (χ0v) is 16.4. The highest BCUT2D eigenvalue weighted by Gasteiger charge is 2.49. The molecular formula is C23H23N3O4. The fourth-order valence-electron chi connectivity index (χ4n) is 4.09. The maximum Gasteiger partial charge on any atom is 0.412 e. The second-order valence-corrected chi connectivity index (χ2v) is 7.50. The van der Waals surface area contributed by atoms with E-state index in [1.54, 1.807) is 6.20 Å². The van der Waals surface area contributed by atoms with Crippen LogP contribution in [-0.2, 0) is 20.8 Å². The minimum atomic E-state index is -0.505. The van der Waals surface area contributed by atoms with E-state index in [1.165, 1.54) is 0 Å². The van der Waals surface area contributed by atoms with E-state index >= 15 is 0 Å². The Balaban J connectivity index is 1.18. The molecular weight excluding hydrogens is 382 g/mol. The summed E-state index contributed by atoms with van der Waals surface area (Å²) in [5.41, 5.74) is 1.68. The molecule has 3 heterocycles. The van der Waals surface area contributed by atoms with Crippen molar-refractivity contribution in [2.45, 2.75) is 30.9 Å². The molecule has 2 aliphatic rings. The zero-order chi connectivity index (χ0) is 20.3. The van der Waals surface area contributed by atoms with Crippen molar-refractivity contribution >= 4 is 22.6 Å². The minimum Gasteiger partial charge on any atom is -0.441 e. The lowest BCUT2D eigenvalue weighted by Crippen LogP contribution is -2.41. The van der Waals surface area contributed by atoms with Crippen LogP contribution in [0.1, 0.15) is 5.69 Å². The van der Waals surface area contributed by atoms with Crippen molar-refractivity contribution in [1.29, 1.82) is 0 Å². The molecule has 0 bridgehead atoms. The predicted molar refractivity (Wildman–Crippen MR) is 112 cm³/mol. The molecule has 0 saturated carbocycles. The first-order chi connectivity index (χ1) is 14.8. The molecule has 3 aromatic rings. The van der Waals surface area contributed by atoms with E-state index in [9.17, 15) is 4.79 Å². The average Bonchev–Trinajstić information content (AvgIpc) is 3.36. The van der Waals surface area contributed by atoms with Gasteiger partial charge in [-0.1, -0.05) is 42.5 Å². The largest absolute Gasteiger partial charge is 0.441 e. The van der Waals surface area contributed by atoms with Crippen molar-refractivity contribution in [2.75, 3.05) is 18.5 Å². The third-order valence-electron chi connectivity index (χ3n) is 5.56. The zero-order valence-electron chi connectivity index (χ0n) is 16.4. The van der Waals surface area contributed by atoms with Gasteiger partial charge in [0.25, 0.3) is 0 Å². The highest BCUT2D eigenvalue weighted by atomic mass is 16.6. The van der Waals surface area contributed by atoms with Crippen LogP contribution in [0, 0.1) is 0 Å². The maximum absolute atomic E-state index is 12.5. The van der Waals surface area contributed by atoms with Gasteiger partial charge in [0.15, 0.2) is 6.10 Å². The first-order valence-corrected chi connectivity index (χ1v) is 10.1. The molecule has 7 heteroatoms. The van der Waals surface area contributed by atoms with Crippen molar-refractivity contribution < 1.29 is 19.0 Å². The van der Waals surface area contributed by atoms with Crippen LogP contribution in [-0.4, -0.2) is 48.6 Å². The first kappa shape index (κ1) is 19.0. The topological polar surface area (TPSA) is 81.7 Å². The molecule has 2 saturated heterocycles. The smallest absolute Gasteiger partial charge is 0.412 e. The molecule has 2 aliphatic heterocycles. The molecule has 7 nitrogen and oxygen atoms in total. The Morgan fingerprint density at radius 1 is 1.00 bits per heavy atom. The molecule has 5 rings (SSSR count). The quantitative estimate of drug-likeness (QED) is 0.679. The lowest BCUT2D eigenvalue weighted by molar-refractivity contribution is 0.00855. The van der Waals surface area contributed by atoms with Gasteiger partial charge in [0, 0.05) is 18.1 Å². The summed E-state index contributed by atoms with van der Waals surface area (Å²) in [6.45, 7) is 1.46. The van der Waals surface area contributed by atoms with Crippen LogP contribution in [0.5, 0.6) is 0 Å². The third-order valence-corrected chi connectivity index (χ3v) is 5.56. The number of nitrogens with one attached hydrogen (secondary N) is 2. The summed E-state index contributed by atoms with van der Waals surface area (Å²) in [4.78, 5) is 16.8. The van der Waals surface area contributed by atoms with Gasteiger partial charge in [-0.15, -0.1) is 0 Å². The summed E-state index contributed by atoms with van der Waals surface area (Å²) < 4.78 is 17.4. The molecule has 1 aromatic heterocycles. The number of aromatic nitrogens is 1. The second-order valence-electron chi connectivity index (χ2n) is 7.50. The van der Waals surface area contributed by atoms with Gasteiger partial charge in [0.05, 0.1) is 30.6 Å². The lowest BCUT2D eigenvalue weighted by atomic mass is 10.1. The highest BCUT2D eigenvalue weighted by molar-refractivity contribution is 6.00. The van der Waals surface area contributed by atoms with Crippen LogP contribution in [0.4, 0.5) is 10.5 Å². The fraction of sp³-hybridized carbons (Fsp3) is 0.304. The number of nitrogens with zero attached hydrogens (tertiary/aromatic N) is 1. The molecule has 0 aliphatic carbocycles. The van der Waals surface area contributed by atoms with Crippen LogP contribution in [0.15, 0.2) is 66.9 Å². The van der Waals surface area contributed by atoms with Crippen molar-refractivity contribution in [3.8, 4) is 0 Å². The van der Waals surface area contributed by atoms with Crippen molar-refractivity contribution in [1.82, 2.24) is 10.3 Å². The van der Waals surface area contributed by atoms with E-state index < -0.39 is 12.2 Å². The van der Waals surface area contributed by atoms with Gasteiger partial charge in [-0.2, -0.15) is 0 Å². The second kappa shape index (κ2) is 8.39. The Labute approximate surface area is 174 Å². The summed E-state index contributed by atoms with van der Waals surface area (Å²) in [6.07, 6.45) is 0.407. The average molecular weight is 405 g/mol. The highest BCUT2D eigenvalue weighted by Crippen LogP contribution is 2.30. The number of carbonyl (C=O) groups is 1. The fourth-order valence-corrected chi connectivity index (χ4v) is 4.09. The Kier molecular flexibility index (Phi) is 5.31. The van der Waals surface area contributed by atoms with Crippen LogP contribution >= 0.6 is 0 Å². The Bertz CT molecular complexity index is 1020. The van der Waals surface area contributed by atoms with Gasteiger partial charge >= 0.3 is 6.09 Å². The Morgan fingerprint density at radius 3 is 2.73 bits per heavy atom. The monoisotopic (exact) mass is 405 g/mol. The number of pyridine rings is 1. The van der Waals surface area contributed by atoms with Gasteiger partial charge in [-0.3, -0.25) is 10.3 Å². The van der Waals surface area contributed by atoms with Gasteiger partial charge < -0.3 is 19.5 Å². The molecule has 2 N–H and O–H groups in total. The molecule has 4 unspecified atom stereocenters. The Morgan fingerprint density at radius 2 is 1.83 bits per heavy atom. The molecule has 2 fully saturated rings. The summed E-state index contributed by atoms with van der Waals surface area (Å²) in [5.74, 6) is 0. The SMILES string of the molecule is O=C(Nc1cccc2ccccc12)OC1COC2C(NCc3ccccn3)COC12. The molecule has 154 valence electrons. The third kappa shape index (κ3) is 3.87. The standard InChI is InChI=1S/C23H23N3O4/c27-23(26-18-10-5-7-15-6-1-2-9-17(15)18)30-20-14-29-21-19(13-28-22(20)21)25-12-16-8-3-4-11-24-16/h1-11,19-22,25H,12-14H2,(H,26,27). The summed E-state index contributed by atoms with van der Waals surface area (Å²) in [5, 5.41) is 8.31. The first-order valence-electron chi connectivity index (χ1n) is 10.1. The molecule has 2 aromatic carbocycles. The molecule has 30 heavy (non-hydrogen) atoms. The minimum absolute atomic E-state index is 0.0340. The van der Waals surface area contributed by atoms with Gasteiger partial charge in [0.2, 0.25) is 0 Å². The number of amides is 1. The van der Waals surface area contributed by atoms with E-state index in [2.05, 4.69) is 15.6 Å². The number of hydrogen-bond donors (Lipinski definition) is 2. The van der Waals surface area contributed by atoms with Crippen LogP contribution in [0.25, 0.3) is 10.8 Å². The number of ether oxygens (including phenoxy) is 3. The van der Waals surface area contributed by atoms with Gasteiger partial charge in [-0.05, 0) is 23.6 Å². The number of fused-ring (bicyclic) bond motifs is 2. The van der Waals surface area contributed by atoms with Crippen LogP contribution in [0.3, 0.4) is 0 Å². The van der Waals surface area contributed by atoms with E-state index in [0.29, 0.717) is 19.8 Å². The van der Waals surface area contributed by atoms with Crippen molar-refractivity contribution in [3.05, 3.63) is 72.6 Å². The predicted octanol–water partition coefficient (Wildman–Crippen LogP) is 3.11. The molecule has 0 radical (unpaired) electrons. The molecule has 0 spiro atoms. The number of carbonyl (C=O) groups excluding carboxylic acids is 1. The van der Waals surface area contributed by atoms with Crippen LogP contribution in [0.2, 0.25) is 0 Å². The van der Waals surface area contributed by atoms with Crippen LogP contribution < -0.4 is 10.6 Å². The molecule has 4 atom stereocenters. The number of anilines is 1. The number of rotatable bonds is 5. The van der Waals surface area contributed by atoms with E-state index in [1.807, 2.05) is 60.7 Å². The summed E-state index contributed by atoms with van der Waals surface area (Å²) in [7, 11) is 0. The van der Waals surface area contributed by atoms with Crippen molar-refractivity contribution in [3.63, 3.8) is 0 Å². The van der Waals surface area contributed by atoms with Gasteiger partial charge in [-0.25, -0.2) is 4.79 Å². The Hall–Kier alpha value is -3.00. The van der Waals surface area contributed by atoms with Crippen molar-refractivity contribution in [2.24, 2.45) is 0 Å². The maximum atomic E-state index is 12.5. The lowest BCUT2D eigenvalue weighted by Gasteiger charge is -2.18. The normalized spacial score (nSPS) is 25.2. The summed E-state index contributed by atoms with van der Waals surface area (Å²) >= 11 is 0. The van der Waals surface area contributed by atoms with Gasteiger partial charge in [0.1, 0.15) is 12.2 Å². The van der Waals surface area contributed by atoms with E-state index in [-0.39, 0.29) is 18.2 Å². The van der Waals surface area contributed by atoms with E-state index in [4.69, 9.17) is 14.2 Å². The number of benzene rings is 2. The van der Waals surface area contributed by atoms with E-state index in [0.717, 1.165) is 22.2 Å².